The Labute approximate surface area is 123 Å². The molecule has 0 bridgehead atoms. The van der Waals surface area contributed by atoms with Crippen molar-refractivity contribution < 1.29 is 24.2 Å². The van der Waals surface area contributed by atoms with Gasteiger partial charge >= 0.3 is 12.0 Å². The highest BCUT2D eigenvalue weighted by Gasteiger charge is 2.19. The number of carboxylic acid groups (broad SMARTS) is 1. The van der Waals surface area contributed by atoms with Gasteiger partial charge in [0.25, 0.3) is 0 Å². The fraction of sp³-hybridized carbons (Fsp3) is 0.429. The monoisotopic (exact) mass is 296 g/mol. The summed E-state index contributed by atoms with van der Waals surface area (Å²) in [4.78, 5) is 22.5. The Morgan fingerprint density at radius 1 is 1.29 bits per heavy atom. The molecule has 1 unspecified atom stereocenters. The Morgan fingerprint density at radius 2 is 2.00 bits per heavy atom. The SMILES string of the molecule is COCC(NC(=O)NCCc1ccccc1OC)C(=O)O. The summed E-state index contributed by atoms with van der Waals surface area (Å²) in [6, 6.07) is 5.88. The van der Waals surface area contributed by atoms with E-state index >= 15 is 0 Å². The fourth-order valence-corrected chi connectivity index (χ4v) is 1.77. The second-order valence-corrected chi connectivity index (χ2v) is 4.31. The van der Waals surface area contributed by atoms with Crippen LogP contribution in [0.4, 0.5) is 4.79 Å². The third kappa shape index (κ3) is 5.70. The summed E-state index contributed by atoms with van der Waals surface area (Å²) in [7, 11) is 2.96. The van der Waals surface area contributed by atoms with E-state index in [-0.39, 0.29) is 6.61 Å². The number of methoxy groups -OCH3 is 2. The largest absolute Gasteiger partial charge is 0.496 e. The summed E-state index contributed by atoms with van der Waals surface area (Å²) < 4.78 is 9.94. The molecule has 21 heavy (non-hydrogen) atoms. The summed E-state index contributed by atoms with van der Waals surface area (Å²) in [6.45, 7) is 0.279. The second kappa shape index (κ2) is 8.80. The van der Waals surface area contributed by atoms with Crippen LogP contribution in [0.15, 0.2) is 24.3 Å². The number of ether oxygens (including phenoxy) is 2. The molecule has 0 heterocycles. The Kier molecular flexibility index (Phi) is 7.03. The number of carbonyl (C=O) groups is 2. The zero-order chi connectivity index (χ0) is 15.7. The van der Waals surface area contributed by atoms with Gasteiger partial charge in [-0.25, -0.2) is 9.59 Å². The van der Waals surface area contributed by atoms with Crippen molar-refractivity contribution in [3.05, 3.63) is 29.8 Å². The molecule has 1 aromatic rings. The van der Waals surface area contributed by atoms with Gasteiger partial charge in [0.1, 0.15) is 5.75 Å². The van der Waals surface area contributed by atoms with Crippen molar-refractivity contribution in [2.45, 2.75) is 12.5 Å². The molecule has 0 saturated carbocycles. The van der Waals surface area contributed by atoms with E-state index in [9.17, 15) is 9.59 Å². The lowest BCUT2D eigenvalue weighted by Crippen LogP contribution is -2.48. The van der Waals surface area contributed by atoms with E-state index in [0.717, 1.165) is 11.3 Å². The van der Waals surface area contributed by atoms with Gasteiger partial charge in [-0.2, -0.15) is 0 Å². The molecule has 0 aliphatic heterocycles. The Hall–Kier alpha value is -2.28. The highest BCUT2D eigenvalue weighted by atomic mass is 16.5. The quantitative estimate of drug-likeness (QED) is 0.654. The van der Waals surface area contributed by atoms with E-state index in [4.69, 9.17) is 14.6 Å². The summed E-state index contributed by atoms with van der Waals surface area (Å²) in [6.07, 6.45) is 0.583. The molecule has 7 nitrogen and oxygen atoms in total. The zero-order valence-electron chi connectivity index (χ0n) is 12.1. The van der Waals surface area contributed by atoms with Crippen LogP contribution in [0.25, 0.3) is 0 Å². The highest BCUT2D eigenvalue weighted by Crippen LogP contribution is 2.17. The number of hydrogen-bond acceptors (Lipinski definition) is 4. The van der Waals surface area contributed by atoms with Gasteiger partial charge in [0.15, 0.2) is 6.04 Å². The number of hydrogen-bond donors (Lipinski definition) is 3. The summed E-state index contributed by atoms with van der Waals surface area (Å²) in [5, 5.41) is 13.8. The number of aliphatic carboxylic acids is 1. The minimum Gasteiger partial charge on any atom is -0.496 e. The van der Waals surface area contributed by atoms with Crippen LogP contribution in [0, 0.1) is 0 Å². The third-order valence-electron chi connectivity index (χ3n) is 2.81. The van der Waals surface area contributed by atoms with Crippen LogP contribution < -0.4 is 15.4 Å². The van der Waals surface area contributed by atoms with E-state index in [0.29, 0.717) is 13.0 Å². The van der Waals surface area contributed by atoms with Gasteiger partial charge in [0.2, 0.25) is 0 Å². The molecule has 0 spiro atoms. The predicted molar refractivity (Wildman–Crippen MR) is 76.5 cm³/mol. The third-order valence-corrected chi connectivity index (χ3v) is 2.81. The topological polar surface area (TPSA) is 96.9 Å². The lowest BCUT2D eigenvalue weighted by molar-refractivity contribution is -0.140. The molecule has 0 aliphatic carbocycles. The van der Waals surface area contributed by atoms with Crippen LogP contribution in [-0.2, 0) is 16.0 Å². The van der Waals surface area contributed by atoms with Crippen LogP contribution in [0.1, 0.15) is 5.56 Å². The summed E-state index contributed by atoms with van der Waals surface area (Å²) >= 11 is 0. The maximum Gasteiger partial charge on any atom is 0.328 e. The maximum absolute atomic E-state index is 11.6. The molecule has 116 valence electrons. The first-order valence-electron chi connectivity index (χ1n) is 6.46. The number of urea groups is 1. The van der Waals surface area contributed by atoms with Gasteiger partial charge in [-0.15, -0.1) is 0 Å². The smallest absolute Gasteiger partial charge is 0.328 e. The zero-order valence-corrected chi connectivity index (χ0v) is 12.1. The lowest BCUT2D eigenvalue weighted by Gasteiger charge is -2.14. The normalized spacial score (nSPS) is 11.5. The van der Waals surface area contributed by atoms with Crippen LogP contribution in [0.5, 0.6) is 5.75 Å². The summed E-state index contributed by atoms with van der Waals surface area (Å²) in [5.74, 6) is -0.390. The van der Waals surface area contributed by atoms with Crippen molar-refractivity contribution in [1.82, 2.24) is 10.6 Å². The first kappa shape index (κ1) is 16.8. The van der Waals surface area contributed by atoms with E-state index in [1.807, 2.05) is 24.3 Å². The minimum atomic E-state index is -1.14. The lowest BCUT2D eigenvalue weighted by atomic mass is 10.1. The number of carboxylic acids is 1. The first-order chi connectivity index (χ1) is 10.1. The predicted octanol–water partition coefficient (Wildman–Crippen LogP) is 0.636. The molecule has 1 atom stereocenters. The highest BCUT2D eigenvalue weighted by molar-refractivity contribution is 5.82. The molecule has 3 N–H and O–H groups in total. The van der Waals surface area contributed by atoms with E-state index in [2.05, 4.69) is 10.6 Å². The van der Waals surface area contributed by atoms with Gasteiger partial charge in [0.05, 0.1) is 13.7 Å². The van der Waals surface area contributed by atoms with E-state index in [1.165, 1.54) is 7.11 Å². The van der Waals surface area contributed by atoms with E-state index in [1.54, 1.807) is 7.11 Å². The van der Waals surface area contributed by atoms with Crippen molar-refractivity contribution in [2.75, 3.05) is 27.4 Å². The number of para-hydroxylation sites is 1. The average molecular weight is 296 g/mol. The molecule has 1 aromatic carbocycles. The molecular formula is C14H20N2O5. The number of rotatable bonds is 8. The van der Waals surface area contributed by atoms with Crippen LogP contribution in [0.3, 0.4) is 0 Å². The van der Waals surface area contributed by atoms with E-state index < -0.39 is 18.0 Å². The number of amides is 2. The van der Waals surface area contributed by atoms with Gasteiger partial charge < -0.3 is 25.2 Å². The van der Waals surface area contributed by atoms with Crippen molar-refractivity contribution >= 4 is 12.0 Å². The number of nitrogens with one attached hydrogen (secondary N) is 2. The van der Waals surface area contributed by atoms with Crippen LogP contribution >= 0.6 is 0 Å². The Morgan fingerprint density at radius 3 is 2.62 bits per heavy atom. The summed E-state index contributed by atoms with van der Waals surface area (Å²) in [5.41, 5.74) is 0.965. The molecule has 7 heteroatoms. The van der Waals surface area contributed by atoms with Crippen molar-refractivity contribution in [2.24, 2.45) is 0 Å². The van der Waals surface area contributed by atoms with Crippen LogP contribution in [-0.4, -0.2) is 50.5 Å². The molecule has 0 fully saturated rings. The molecule has 0 saturated heterocycles. The van der Waals surface area contributed by atoms with Gasteiger partial charge in [0, 0.05) is 13.7 Å². The standard InChI is InChI=1S/C14H20N2O5/c1-20-9-11(13(17)18)16-14(19)15-8-7-10-5-3-4-6-12(10)21-2/h3-6,11H,7-9H2,1-2H3,(H,17,18)(H2,15,16,19). The van der Waals surface area contributed by atoms with Crippen molar-refractivity contribution in [3.8, 4) is 5.75 Å². The molecule has 2 amide bonds. The number of benzene rings is 1. The van der Waals surface area contributed by atoms with Gasteiger partial charge in [-0.3, -0.25) is 0 Å². The molecular weight excluding hydrogens is 276 g/mol. The van der Waals surface area contributed by atoms with Crippen molar-refractivity contribution in [1.29, 1.82) is 0 Å². The molecule has 0 radical (unpaired) electrons. The Balaban J connectivity index is 2.41. The van der Waals surface area contributed by atoms with Crippen molar-refractivity contribution in [3.63, 3.8) is 0 Å². The molecule has 1 rings (SSSR count). The second-order valence-electron chi connectivity index (χ2n) is 4.31. The van der Waals surface area contributed by atoms with Gasteiger partial charge in [-0.1, -0.05) is 18.2 Å². The average Bonchev–Trinajstić information content (AvgIpc) is 2.47. The molecule has 0 aromatic heterocycles. The molecule has 0 aliphatic rings. The number of carbonyl (C=O) groups excluding carboxylic acids is 1. The minimum absolute atomic E-state index is 0.0880. The Bertz CT molecular complexity index is 478. The first-order valence-corrected chi connectivity index (χ1v) is 6.46. The fourth-order valence-electron chi connectivity index (χ4n) is 1.77. The maximum atomic E-state index is 11.6. The van der Waals surface area contributed by atoms with Gasteiger partial charge in [-0.05, 0) is 18.1 Å². The van der Waals surface area contributed by atoms with Crippen LogP contribution in [0.2, 0.25) is 0 Å².